The van der Waals surface area contributed by atoms with Crippen LogP contribution >= 0.6 is 0 Å². The molecule has 0 radical (unpaired) electrons. The zero-order chi connectivity index (χ0) is 21.0. The van der Waals surface area contributed by atoms with E-state index in [1.807, 2.05) is 0 Å². The van der Waals surface area contributed by atoms with E-state index in [0.717, 1.165) is 12.1 Å². The van der Waals surface area contributed by atoms with E-state index in [0.29, 0.717) is 24.1 Å². The summed E-state index contributed by atoms with van der Waals surface area (Å²) in [7, 11) is -2.44. The standard InChI is InChI=1S/C20H21FN2O5S/c1-28-20(25)15-3-2-4-17(13-15)22-19(24)14-9-11-23(12-10-14)29(26,27)18-7-5-16(21)6-8-18/h2-8,13-14H,9-12H2,1H3,(H,22,24). The highest BCUT2D eigenvalue weighted by Crippen LogP contribution is 2.25. The van der Waals surface area contributed by atoms with E-state index in [1.165, 1.54) is 29.6 Å². The maximum atomic E-state index is 13.0. The Hall–Kier alpha value is -2.78. The molecule has 9 heteroatoms. The summed E-state index contributed by atoms with van der Waals surface area (Å²) < 4.78 is 44.3. The lowest BCUT2D eigenvalue weighted by Gasteiger charge is -2.30. The molecule has 1 fully saturated rings. The summed E-state index contributed by atoms with van der Waals surface area (Å²) in [5, 5.41) is 2.77. The van der Waals surface area contributed by atoms with Gasteiger partial charge < -0.3 is 10.1 Å². The number of carbonyl (C=O) groups excluding carboxylic acids is 2. The predicted molar refractivity (Wildman–Crippen MR) is 104 cm³/mol. The number of rotatable bonds is 5. The quantitative estimate of drug-likeness (QED) is 0.751. The van der Waals surface area contributed by atoms with Crippen LogP contribution in [-0.2, 0) is 19.6 Å². The van der Waals surface area contributed by atoms with Gasteiger partial charge in [-0.2, -0.15) is 4.31 Å². The Morgan fingerprint density at radius 2 is 1.76 bits per heavy atom. The number of benzene rings is 2. The number of anilines is 1. The van der Waals surface area contributed by atoms with Crippen LogP contribution in [0.2, 0.25) is 0 Å². The van der Waals surface area contributed by atoms with Crippen molar-refractivity contribution in [2.75, 3.05) is 25.5 Å². The Morgan fingerprint density at radius 3 is 2.38 bits per heavy atom. The average Bonchev–Trinajstić information content (AvgIpc) is 2.73. The predicted octanol–water partition coefficient (Wildman–Crippen LogP) is 2.65. The van der Waals surface area contributed by atoms with E-state index in [4.69, 9.17) is 0 Å². The fraction of sp³-hybridized carbons (Fsp3) is 0.300. The molecule has 1 aliphatic heterocycles. The van der Waals surface area contributed by atoms with Crippen LogP contribution in [0.1, 0.15) is 23.2 Å². The van der Waals surface area contributed by atoms with Crippen LogP contribution in [0.3, 0.4) is 0 Å². The molecule has 1 amide bonds. The van der Waals surface area contributed by atoms with Gasteiger partial charge >= 0.3 is 5.97 Å². The van der Waals surface area contributed by atoms with Gasteiger partial charge in [-0.1, -0.05) is 6.07 Å². The third-order valence-corrected chi connectivity index (χ3v) is 6.74. The first kappa shape index (κ1) is 20.9. The molecule has 3 rings (SSSR count). The van der Waals surface area contributed by atoms with Gasteiger partial charge in [0.2, 0.25) is 15.9 Å². The van der Waals surface area contributed by atoms with Crippen LogP contribution in [-0.4, -0.2) is 44.8 Å². The lowest BCUT2D eigenvalue weighted by atomic mass is 9.97. The molecule has 29 heavy (non-hydrogen) atoms. The first-order chi connectivity index (χ1) is 13.8. The van der Waals surface area contributed by atoms with Crippen molar-refractivity contribution >= 4 is 27.6 Å². The number of halogens is 1. The van der Waals surface area contributed by atoms with Crippen molar-refractivity contribution in [3.8, 4) is 0 Å². The summed E-state index contributed by atoms with van der Waals surface area (Å²) in [5.74, 6) is -1.58. The van der Waals surface area contributed by atoms with Gasteiger partial charge in [0.1, 0.15) is 5.82 Å². The van der Waals surface area contributed by atoms with E-state index in [9.17, 15) is 22.4 Å². The molecule has 1 heterocycles. The maximum Gasteiger partial charge on any atom is 0.337 e. The van der Waals surface area contributed by atoms with Gasteiger partial charge in [0.15, 0.2) is 0 Å². The number of sulfonamides is 1. The molecule has 1 N–H and O–H groups in total. The molecule has 1 aliphatic rings. The number of nitrogens with zero attached hydrogens (tertiary/aromatic N) is 1. The Labute approximate surface area is 168 Å². The zero-order valence-corrected chi connectivity index (χ0v) is 16.6. The number of nitrogens with one attached hydrogen (secondary N) is 1. The Bertz CT molecular complexity index is 1000. The summed E-state index contributed by atoms with van der Waals surface area (Å²) >= 11 is 0. The smallest absolute Gasteiger partial charge is 0.337 e. The second-order valence-electron chi connectivity index (χ2n) is 6.69. The first-order valence-corrected chi connectivity index (χ1v) is 10.5. The van der Waals surface area contributed by atoms with Crippen LogP contribution in [0.5, 0.6) is 0 Å². The number of amides is 1. The third kappa shape index (κ3) is 4.80. The van der Waals surface area contributed by atoms with Crippen LogP contribution < -0.4 is 5.32 Å². The molecule has 0 saturated carbocycles. The maximum absolute atomic E-state index is 13.0. The Morgan fingerprint density at radius 1 is 1.10 bits per heavy atom. The Kier molecular flexibility index (Phi) is 6.29. The second-order valence-corrected chi connectivity index (χ2v) is 8.63. The van der Waals surface area contributed by atoms with Gasteiger partial charge in [0.05, 0.1) is 17.6 Å². The topological polar surface area (TPSA) is 92.8 Å². The molecule has 0 atom stereocenters. The summed E-state index contributed by atoms with van der Waals surface area (Å²) in [5.41, 5.74) is 0.796. The number of carbonyl (C=O) groups is 2. The first-order valence-electron chi connectivity index (χ1n) is 9.06. The number of esters is 1. The summed E-state index contributed by atoms with van der Waals surface area (Å²) in [6.45, 7) is 0.389. The summed E-state index contributed by atoms with van der Waals surface area (Å²) in [4.78, 5) is 24.2. The van der Waals surface area contributed by atoms with Crippen LogP contribution in [0.4, 0.5) is 10.1 Å². The second kappa shape index (κ2) is 8.71. The molecule has 0 aromatic heterocycles. The highest BCUT2D eigenvalue weighted by Gasteiger charge is 2.32. The van der Waals surface area contributed by atoms with Crippen LogP contribution in [0.25, 0.3) is 0 Å². The van der Waals surface area contributed by atoms with Crippen molar-refractivity contribution in [2.45, 2.75) is 17.7 Å². The molecule has 0 spiro atoms. The molecule has 0 bridgehead atoms. The van der Waals surface area contributed by atoms with Crippen molar-refractivity contribution < 1.29 is 27.1 Å². The normalized spacial score (nSPS) is 15.7. The molecule has 154 valence electrons. The minimum atomic E-state index is -3.72. The van der Waals surface area contributed by atoms with Crippen molar-refractivity contribution in [1.82, 2.24) is 4.31 Å². The van der Waals surface area contributed by atoms with Gasteiger partial charge in [0.25, 0.3) is 0 Å². The molecule has 1 saturated heterocycles. The van der Waals surface area contributed by atoms with E-state index in [-0.39, 0.29) is 29.8 Å². The molecule has 0 aliphatic carbocycles. The fourth-order valence-corrected chi connectivity index (χ4v) is 4.67. The molecule has 2 aromatic rings. The van der Waals surface area contributed by atoms with E-state index in [1.54, 1.807) is 18.2 Å². The lowest BCUT2D eigenvalue weighted by Crippen LogP contribution is -2.41. The van der Waals surface area contributed by atoms with Gasteiger partial charge in [-0.05, 0) is 55.3 Å². The molecule has 0 unspecified atom stereocenters. The molecular weight excluding hydrogens is 399 g/mol. The average molecular weight is 420 g/mol. The molecule has 2 aromatic carbocycles. The fourth-order valence-electron chi connectivity index (χ4n) is 3.20. The lowest BCUT2D eigenvalue weighted by molar-refractivity contribution is -0.120. The summed E-state index contributed by atoms with van der Waals surface area (Å²) in [6.07, 6.45) is 0.728. The van der Waals surface area contributed by atoms with E-state index < -0.39 is 21.8 Å². The molecular formula is C20H21FN2O5S. The van der Waals surface area contributed by atoms with Crippen LogP contribution in [0.15, 0.2) is 53.4 Å². The third-order valence-electron chi connectivity index (χ3n) is 4.83. The number of ether oxygens (including phenoxy) is 1. The minimum Gasteiger partial charge on any atom is -0.465 e. The Balaban J connectivity index is 1.61. The van der Waals surface area contributed by atoms with Crippen molar-refractivity contribution in [3.63, 3.8) is 0 Å². The highest BCUT2D eigenvalue weighted by atomic mass is 32.2. The SMILES string of the molecule is COC(=O)c1cccc(NC(=O)C2CCN(S(=O)(=O)c3ccc(F)cc3)CC2)c1. The number of hydrogen-bond acceptors (Lipinski definition) is 5. The van der Waals surface area contributed by atoms with Crippen LogP contribution in [0, 0.1) is 11.7 Å². The monoisotopic (exact) mass is 420 g/mol. The highest BCUT2D eigenvalue weighted by molar-refractivity contribution is 7.89. The number of hydrogen-bond donors (Lipinski definition) is 1. The van der Waals surface area contributed by atoms with Crippen molar-refractivity contribution in [1.29, 1.82) is 0 Å². The van der Waals surface area contributed by atoms with Gasteiger partial charge in [-0.25, -0.2) is 17.6 Å². The van der Waals surface area contributed by atoms with E-state index in [2.05, 4.69) is 10.1 Å². The van der Waals surface area contributed by atoms with Gasteiger partial charge in [-0.3, -0.25) is 4.79 Å². The van der Waals surface area contributed by atoms with E-state index >= 15 is 0 Å². The van der Waals surface area contributed by atoms with Gasteiger partial charge in [0, 0.05) is 24.7 Å². The number of piperidine rings is 1. The zero-order valence-electron chi connectivity index (χ0n) is 15.8. The van der Waals surface area contributed by atoms with Crippen molar-refractivity contribution in [3.05, 3.63) is 59.9 Å². The summed E-state index contributed by atoms with van der Waals surface area (Å²) in [6, 6.07) is 11.1. The molecule has 7 nitrogen and oxygen atoms in total. The van der Waals surface area contributed by atoms with Gasteiger partial charge in [-0.15, -0.1) is 0 Å². The van der Waals surface area contributed by atoms with Crippen molar-refractivity contribution in [2.24, 2.45) is 5.92 Å². The minimum absolute atomic E-state index is 0.0291. The number of methoxy groups -OCH3 is 1. The largest absolute Gasteiger partial charge is 0.465 e.